The number of halogens is 4. The predicted octanol–water partition coefficient (Wildman–Crippen LogP) is 5.76. The van der Waals surface area contributed by atoms with E-state index in [2.05, 4.69) is 20.1 Å². The molecule has 0 aliphatic heterocycles. The number of alkyl halides is 3. The molecule has 0 aliphatic rings. The Morgan fingerprint density at radius 1 is 1.13 bits per heavy atom. The maximum Gasteiger partial charge on any atom is 0.433 e. The van der Waals surface area contributed by atoms with Gasteiger partial charge in [0.1, 0.15) is 33.9 Å². The summed E-state index contributed by atoms with van der Waals surface area (Å²) >= 11 is 7.08. The zero-order chi connectivity index (χ0) is 21.9. The first kappa shape index (κ1) is 20.0. The fraction of sp³-hybridized carbons (Fsp3) is 0.200. The summed E-state index contributed by atoms with van der Waals surface area (Å²) in [6, 6.07) is 6.34. The Balaban J connectivity index is 1.57. The van der Waals surface area contributed by atoms with Crippen molar-refractivity contribution >= 4 is 49.0 Å². The van der Waals surface area contributed by atoms with Gasteiger partial charge in [-0.05, 0) is 49.2 Å². The van der Waals surface area contributed by atoms with Gasteiger partial charge in [0.05, 0.1) is 5.52 Å². The molecule has 0 bridgehead atoms. The van der Waals surface area contributed by atoms with Crippen molar-refractivity contribution in [1.29, 1.82) is 0 Å². The van der Waals surface area contributed by atoms with Crippen molar-refractivity contribution < 1.29 is 17.9 Å². The van der Waals surface area contributed by atoms with Crippen molar-refractivity contribution in [2.75, 3.05) is 0 Å². The van der Waals surface area contributed by atoms with Crippen LogP contribution in [0.4, 0.5) is 13.2 Å². The number of hydrogen-bond donors (Lipinski definition) is 0. The second-order valence-electron chi connectivity index (χ2n) is 7.02. The van der Waals surface area contributed by atoms with Crippen molar-refractivity contribution in [1.82, 2.24) is 24.6 Å². The minimum Gasteiger partial charge on any atom is -0.485 e. The third-order valence-corrected chi connectivity index (χ3v) is 6.10. The molecule has 0 saturated carbocycles. The standard InChI is InChI=1S/C20H13ClF3N5OS/c1-9-5-11(21)3-4-12(9)30-7-14-27-18-17-16(25-8-29(18)28-14)15-10(2)6-13(20(22,23)24)26-19(15)31-17/h3-6,8H,7H2,1-2H3. The Hall–Kier alpha value is -2.98. The lowest BCUT2D eigenvalue weighted by atomic mass is 10.1. The van der Waals surface area contributed by atoms with Crippen molar-refractivity contribution in [3.8, 4) is 5.75 Å². The summed E-state index contributed by atoms with van der Waals surface area (Å²) in [5.41, 5.74) is 1.47. The van der Waals surface area contributed by atoms with Gasteiger partial charge in [-0.2, -0.15) is 13.2 Å². The Kier molecular flexibility index (Phi) is 4.52. The number of nitrogens with zero attached hydrogens (tertiary/aromatic N) is 5. The maximum absolute atomic E-state index is 13.2. The van der Waals surface area contributed by atoms with E-state index in [1.807, 2.05) is 6.92 Å². The highest BCUT2D eigenvalue weighted by Gasteiger charge is 2.33. The van der Waals surface area contributed by atoms with Crippen molar-refractivity contribution in [2.24, 2.45) is 0 Å². The maximum atomic E-state index is 13.2. The molecule has 1 aromatic carbocycles. The molecule has 5 aromatic rings. The minimum atomic E-state index is -4.52. The molecule has 0 saturated heterocycles. The van der Waals surface area contributed by atoms with Gasteiger partial charge in [0.25, 0.3) is 0 Å². The van der Waals surface area contributed by atoms with Crippen LogP contribution in [0, 0.1) is 13.8 Å². The zero-order valence-electron chi connectivity index (χ0n) is 16.2. The minimum absolute atomic E-state index is 0.117. The highest BCUT2D eigenvalue weighted by Crippen LogP contribution is 2.38. The van der Waals surface area contributed by atoms with Crippen LogP contribution in [0.15, 0.2) is 30.6 Å². The van der Waals surface area contributed by atoms with Gasteiger partial charge < -0.3 is 4.74 Å². The Morgan fingerprint density at radius 3 is 2.68 bits per heavy atom. The van der Waals surface area contributed by atoms with Crippen LogP contribution >= 0.6 is 22.9 Å². The molecule has 5 rings (SSSR count). The number of fused-ring (bicyclic) bond motifs is 5. The molecule has 0 spiro atoms. The fourth-order valence-electron chi connectivity index (χ4n) is 3.38. The van der Waals surface area contributed by atoms with Gasteiger partial charge in [-0.3, -0.25) is 0 Å². The van der Waals surface area contributed by atoms with Gasteiger partial charge in [0.2, 0.25) is 0 Å². The molecule has 0 amide bonds. The number of thiophene rings is 1. The van der Waals surface area contributed by atoms with Gasteiger partial charge in [0, 0.05) is 10.4 Å². The average Bonchev–Trinajstić information content (AvgIpc) is 3.27. The highest BCUT2D eigenvalue weighted by atomic mass is 35.5. The second-order valence-corrected chi connectivity index (χ2v) is 8.46. The van der Waals surface area contributed by atoms with Gasteiger partial charge in [0.15, 0.2) is 11.5 Å². The number of rotatable bonds is 3. The average molecular weight is 464 g/mol. The summed E-state index contributed by atoms with van der Waals surface area (Å²) in [4.78, 5) is 13.0. The number of aromatic nitrogens is 5. The lowest BCUT2D eigenvalue weighted by Gasteiger charge is -2.06. The first-order valence-electron chi connectivity index (χ1n) is 9.11. The van der Waals surface area contributed by atoms with E-state index in [1.54, 1.807) is 25.1 Å². The largest absolute Gasteiger partial charge is 0.485 e. The van der Waals surface area contributed by atoms with Crippen molar-refractivity contribution in [3.63, 3.8) is 0 Å². The molecule has 158 valence electrons. The zero-order valence-corrected chi connectivity index (χ0v) is 17.7. The van der Waals surface area contributed by atoms with E-state index in [4.69, 9.17) is 16.3 Å². The lowest BCUT2D eigenvalue weighted by Crippen LogP contribution is -2.07. The summed E-state index contributed by atoms with van der Waals surface area (Å²) in [7, 11) is 0. The smallest absolute Gasteiger partial charge is 0.433 e. The molecule has 6 nitrogen and oxygen atoms in total. The molecule has 4 heterocycles. The topological polar surface area (TPSA) is 65.2 Å². The van der Waals surface area contributed by atoms with Crippen LogP contribution in [0.1, 0.15) is 22.6 Å². The quantitative estimate of drug-likeness (QED) is 0.340. The Labute approximate surface area is 182 Å². The second kappa shape index (κ2) is 7.03. The van der Waals surface area contributed by atoms with E-state index in [0.717, 1.165) is 23.0 Å². The van der Waals surface area contributed by atoms with Crippen molar-refractivity contribution in [3.05, 3.63) is 58.3 Å². The number of hydrogen-bond acceptors (Lipinski definition) is 6. The molecular weight excluding hydrogens is 451 g/mol. The molecular formula is C20H13ClF3N5OS. The summed E-state index contributed by atoms with van der Waals surface area (Å²) in [5, 5.41) is 5.58. The summed E-state index contributed by atoms with van der Waals surface area (Å²) in [6.07, 6.45) is -3.03. The molecule has 0 atom stereocenters. The number of ether oxygens (including phenoxy) is 1. The highest BCUT2D eigenvalue weighted by molar-refractivity contribution is 7.26. The molecule has 0 aliphatic carbocycles. The molecule has 11 heteroatoms. The van der Waals surface area contributed by atoms with Gasteiger partial charge in [-0.25, -0.2) is 19.5 Å². The number of aryl methyl sites for hydroxylation is 2. The molecule has 0 unspecified atom stereocenters. The van der Waals surface area contributed by atoms with Gasteiger partial charge >= 0.3 is 6.18 Å². The molecule has 4 aromatic heterocycles. The number of pyridine rings is 1. The van der Waals surface area contributed by atoms with Gasteiger partial charge in [-0.15, -0.1) is 16.4 Å². The van der Waals surface area contributed by atoms with E-state index in [0.29, 0.717) is 43.4 Å². The van der Waals surface area contributed by atoms with Crippen LogP contribution in [0.25, 0.3) is 26.1 Å². The summed E-state index contributed by atoms with van der Waals surface area (Å²) in [5.74, 6) is 1.08. The van der Waals surface area contributed by atoms with Crippen LogP contribution in [-0.2, 0) is 12.8 Å². The van der Waals surface area contributed by atoms with Crippen LogP contribution in [0.3, 0.4) is 0 Å². The van der Waals surface area contributed by atoms with Crippen LogP contribution in [0.2, 0.25) is 5.02 Å². The Morgan fingerprint density at radius 2 is 1.94 bits per heavy atom. The van der Waals surface area contributed by atoms with Crippen LogP contribution < -0.4 is 4.74 Å². The molecule has 31 heavy (non-hydrogen) atoms. The first-order valence-corrected chi connectivity index (χ1v) is 10.3. The van der Waals surface area contributed by atoms with Crippen molar-refractivity contribution in [2.45, 2.75) is 26.6 Å². The van der Waals surface area contributed by atoms with Gasteiger partial charge in [-0.1, -0.05) is 11.6 Å². The third kappa shape index (κ3) is 3.45. The third-order valence-electron chi connectivity index (χ3n) is 4.79. The fourth-order valence-corrected chi connectivity index (χ4v) is 4.78. The summed E-state index contributed by atoms with van der Waals surface area (Å²) < 4.78 is 47.4. The molecule has 0 radical (unpaired) electrons. The normalized spacial score (nSPS) is 12.3. The predicted molar refractivity (Wildman–Crippen MR) is 112 cm³/mol. The monoisotopic (exact) mass is 463 g/mol. The lowest BCUT2D eigenvalue weighted by molar-refractivity contribution is -0.141. The molecule has 0 fully saturated rings. The number of benzene rings is 1. The van der Waals surface area contributed by atoms with E-state index < -0.39 is 11.9 Å². The Bertz CT molecular complexity index is 1480. The SMILES string of the molecule is Cc1cc(Cl)ccc1OCc1nc2c3sc4nc(C(F)(F)F)cc(C)c4c3ncn2n1. The molecule has 0 N–H and O–H groups in total. The van der Waals surface area contributed by atoms with E-state index in [-0.39, 0.29) is 11.4 Å². The van der Waals surface area contributed by atoms with E-state index >= 15 is 0 Å². The van der Waals surface area contributed by atoms with Crippen LogP contribution in [0.5, 0.6) is 5.75 Å². The first-order chi connectivity index (χ1) is 14.7. The summed E-state index contributed by atoms with van der Waals surface area (Å²) in [6.45, 7) is 3.62. The van der Waals surface area contributed by atoms with E-state index in [1.165, 1.54) is 10.8 Å². The van der Waals surface area contributed by atoms with E-state index in [9.17, 15) is 13.2 Å². The van der Waals surface area contributed by atoms with Crippen LogP contribution in [-0.4, -0.2) is 24.6 Å².